The van der Waals surface area contributed by atoms with Gasteiger partial charge < -0.3 is 20.7 Å². The van der Waals surface area contributed by atoms with Crippen molar-refractivity contribution in [1.29, 1.82) is 0 Å². The minimum Gasteiger partial charge on any atom is -0.497 e. The summed E-state index contributed by atoms with van der Waals surface area (Å²) in [5.74, 6) is 1.28. The van der Waals surface area contributed by atoms with Gasteiger partial charge in [0.15, 0.2) is 0 Å². The van der Waals surface area contributed by atoms with E-state index in [1.165, 1.54) is 0 Å². The van der Waals surface area contributed by atoms with Crippen LogP contribution in [0.5, 0.6) is 5.75 Å². The van der Waals surface area contributed by atoms with Crippen molar-refractivity contribution in [3.63, 3.8) is 0 Å². The second kappa shape index (κ2) is 7.88. The quantitative estimate of drug-likeness (QED) is 0.894. The van der Waals surface area contributed by atoms with E-state index < -0.39 is 0 Å². The average molecular weight is 340 g/mol. The van der Waals surface area contributed by atoms with Gasteiger partial charge in [-0.15, -0.1) is 0 Å². The van der Waals surface area contributed by atoms with Crippen molar-refractivity contribution < 1.29 is 9.53 Å². The molecule has 0 aliphatic carbocycles. The van der Waals surface area contributed by atoms with Crippen molar-refractivity contribution in [2.45, 2.75) is 25.3 Å². The Balaban J connectivity index is 1.60. The summed E-state index contributed by atoms with van der Waals surface area (Å²) in [6, 6.07) is 11.4. The van der Waals surface area contributed by atoms with Crippen LogP contribution in [0.25, 0.3) is 0 Å². The van der Waals surface area contributed by atoms with Gasteiger partial charge >= 0.3 is 0 Å². The van der Waals surface area contributed by atoms with Crippen molar-refractivity contribution in [3.8, 4) is 5.75 Å². The first kappa shape index (κ1) is 17.1. The van der Waals surface area contributed by atoms with Crippen LogP contribution >= 0.6 is 0 Å². The largest absolute Gasteiger partial charge is 0.497 e. The SMILES string of the molecule is COc1cccc(C(=O)N2CCCC(Nc3ccc(N)nc3)CC2)c1. The fraction of sp³-hybridized carbons (Fsp3) is 0.368. The number of carbonyl (C=O) groups is 1. The van der Waals surface area contributed by atoms with Gasteiger partial charge in [0, 0.05) is 24.7 Å². The maximum absolute atomic E-state index is 12.7. The normalized spacial score (nSPS) is 17.6. The van der Waals surface area contributed by atoms with Crippen LogP contribution in [0.15, 0.2) is 42.6 Å². The lowest BCUT2D eigenvalue weighted by Gasteiger charge is -2.21. The molecule has 6 heteroatoms. The maximum atomic E-state index is 12.7. The molecule has 1 amide bonds. The molecule has 0 saturated carbocycles. The van der Waals surface area contributed by atoms with Crippen LogP contribution in [0.1, 0.15) is 29.6 Å². The van der Waals surface area contributed by atoms with Gasteiger partial charge in [0.1, 0.15) is 11.6 Å². The molecule has 3 N–H and O–H groups in total. The Morgan fingerprint density at radius 1 is 1.28 bits per heavy atom. The van der Waals surface area contributed by atoms with Gasteiger partial charge in [0.05, 0.1) is 19.0 Å². The Morgan fingerprint density at radius 3 is 2.92 bits per heavy atom. The number of benzene rings is 1. The number of methoxy groups -OCH3 is 1. The van der Waals surface area contributed by atoms with Gasteiger partial charge in [-0.2, -0.15) is 0 Å². The molecule has 1 aliphatic heterocycles. The summed E-state index contributed by atoms with van der Waals surface area (Å²) in [6.45, 7) is 1.50. The highest BCUT2D eigenvalue weighted by atomic mass is 16.5. The minimum absolute atomic E-state index is 0.0636. The number of carbonyl (C=O) groups excluding carboxylic acids is 1. The van der Waals surface area contributed by atoms with E-state index >= 15 is 0 Å². The van der Waals surface area contributed by atoms with Gasteiger partial charge in [0.25, 0.3) is 5.91 Å². The summed E-state index contributed by atoms with van der Waals surface area (Å²) in [6.07, 6.45) is 4.64. The molecule has 1 atom stereocenters. The molecule has 1 fully saturated rings. The number of ether oxygens (including phenoxy) is 1. The molecule has 132 valence electrons. The Bertz CT molecular complexity index is 718. The molecule has 0 spiro atoms. The highest BCUT2D eigenvalue weighted by Crippen LogP contribution is 2.20. The average Bonchev–Trinajstić information content (AvgIpc) is 2.88. The first-order valence-electron chi connectivity index (χ1n) is 8.57. The van der Waals surface area contributed by atoms with Crippen LogP contribution in [-0.4, -0.2) is 42.0 Å². The minimum atomic E-state index is 0.0636. The van der Waals surface area contributed by atoms with E-state index in [0.29, 0.717) is 23.2 Å². The van der Waals surface area contributed by atoms with Gasteiger partial charge in [-0.1, -0.05) is 6.07 Å². The molecular formula is C19H24N4O2. The Hall–Kier alpha value is -2.76. The molecule has 6 nitrogen and oxygen atoms in total. The number of likely N-dealkylation sites (tertiary alicyclic amines) is 1. The number of amides is 1. The molecule has 1 saturated heterocycles. The number of anilines is 2. The van der Waals surface area contributed by atoms with Crippen molar-refractivity contribution in [1.82, 2.24) is 9.88 Å². The molecule has 0 bridgehead atoms. The third kappa shape index (κ3) is 4.41. The number of nitrogens with zero attached hydrogens (tertiary/aromatic N) is 2. The lowest BCUT2D eigenvalue weighted by Crippen LogP contribution is -2.32. The zero-order valence-electron chi connectivity index (χ0n) is 14.4. The number of hydrogen-bond donors (Lipinski definition) is 2. The Labute approximate surface area is 148 Å². The van der Waals surface area contributed by atoms with E-state index in [4.69, 9.17) is 10.5 Å². The smallest absolute Gasteiger partial charge is 0.253 e. The Morgan fingerprint density at radius 2 is 2.16 bits per heavy atom. The summed E-state index contributed by atoms with van der Waals surface area (Å²) < 4.78 is 5.21. The number of rotatable bonds is 4. The second-order valence-electron chi connectivity index (χ2n) is 6.27. The number of pyridine rings is 1. The second-order valence-corrected chi connectivity index (χ2v) is 6.27. The van der Waals surface area contributed by atoms with Crippen LogP contribution in [0, 0.1) is 0 Å². The summed E-state index contributed by atoms with van der Waals surface area (Å²) in [5, 5.41) is 3.49. The first-order chi connectivity index (χ1) is 12.2. The predicted molar refractivity (Wildman–Crippen MR) is 98.8 cm³/mol. The van der Waals surface area contributed by atoms with E-state index in [1.54, 1.807) is 25.4 Å². The topological polar surface area (TPSA) is 80.5 Å². The van der Waals surface area contributed by atoms with E-state index in [2.05, 4.69) is 10.3 Å². The number of nitrogen functional groups attached to an aromatic ring is 1. The van der Waals surface area contributed by atoms with Crippen molar-refractivity contribution >= 4 is 17.4 Å². The lowest BCUT2D eigenvalue weighted by atomic mass is 10.1. The molecule has 3 rings (SSSR count). The van der Waals surface area contributed by atoms with Crippen LogP contribution in [0.4, 0.5) is 11.5 Å². The fourth-order valence-electron chi connectivity index (χ4n) is 3.11. The molecule has 1 aliphatic rings. The molecular weight excluding hydrogens is 316 g/mol. The zero-order chi connectivity index (χ0) is 17.6. The van der Waals surface area contributed by atoms with Gasteiger partial charge in [0.2, 0.25) is 0 Å². The standard InChI is InChI=1S/C19H24N4O2/c1-25-17-6-2-4-14(12-17)19(24)23-10-3-5-15(9-11-23)22-16-7-8-18(20)21-13-16/h2,4,6-8,12-13,15,22H,3,5,9-11H2,1H3,(H2,20,21). The van der Waals surface area contributed by atoms with Crippen LogP contribution in [-0.2, 0) is 0 Å². The summed E-state index contributed by atoms with van der Waals surface area (Å²) >= 11 is 0. The summed E-state index contributed by atoms with van der Waals surface area (Å²) in [4.78, 5) is 18.8. The van der Waals surface area contributed by atoms with E-state index in [1.807, 2.05) is 29.2 Å². The van der Waals surface area contributed by atoms with Crippen LogP contribution in [0.2, 0.25) is 0 Å². The van der Waals surface area contributed by atoms with E-state index in [-0.39, 0.29) is 5.91 Å². The monoisotopic (exact) mass is 340 g/mol. The van der Waals surface area contributed by atoms with Crippen molar-refractivity contribution in [3.05, 3.63) is 48.2 Å². The Kier molecular flexibility index (Phi) is 5.38. The summed E-state index contributed by atoms with van der Waals surface area (Å²) in [5.41, 5.74) is 7.26. The fourth-order valence-corrected chi connectivity index (χ4v) is 3.11. The van der Waals surface area contributed by atoms with Crippen molar-refractivity contribution in [2.24, 2.45) is 0 Å². The first-order valence-corrected chi connectivity index (χ1v) is 8.57. The van der Waals surface area contributed by atoms with Gasteiger partial charge in [-0.3, -0.25) is 4.79 Å². The predicted octanol–water partition coefficient (Wildman–Crippen LogP) is 2.78. The number of nitrogens with one attached hydrogen (secondary N) is 1. The van der Waals surface area contributed by atoms with Gasteiger partial charge in [-0.25, -0.2) is 4.98 Å². The van der Waals surface area contributed by atoms with Crippen LogP contribution in [0.3, 0.4) is 0 Å². The molecule has 25 heavy (non-hydrogen) atoms. The molecule has 1 aromatic heterocycles. The summed E-state index contributed by atoms with van der Waals surface area (Å²) in [7, 11) is 1.61. The maximum Gasteiger partial charge on any atom is 0.253 e. The number of aromatic nitrogens is 1. The van der Waals surface area contributed by atoms with E-state index in [9.17, 15) is 4.79 Å². The van der Waals surface area contributed by atoms with Gasteiger partial charge in [-0.05, 0) is 49.6 Å². The third-order valence-electron chi connectivity index (χ3n) is 4.49. The van der Waals surface area contributed by atoms with E-state index in [0.717, 1.165) is 38.0 Å². The zero-order valence-corrected chi connectivity index (χ0v) is 14.4. The number of hydrogen-bond acceptors (Lipinski definition) is 5. The van der Waals surface area contributed by atoms with Crippen molar-refractivity contribution in [2.75, 3.05) is 31.2 Å². The highest BCUT2D eigenvalue weighted by molar-refractivity contribution is 5.94. The molecule has 1 unspecified atom stereocenters. The highest BCUT2D eigenvalue weighted by Gasteiger charge is 2.21. The molecule has 2 heterocycles. The molecule has 1 aromatic carbocycles. The molecule has 0 radical (unpaired) electrons. The van der Waals surface area contributed by atoms with Crippen LogP contribution < -0.4 is 15.8 Å². The third-order valence-corrected chi connectivity index (χ3v) is 4.49. The number of nitrogens with two attached hydrogens (primary N) is 1. The molecule has 2 aromatic rings. The lowest BCUT2D eigenvalue weighted by molar-refractivity contribution is 0.0761.